The Kier molecular flexibility index (Phi) is 3.48. The van der Waals surface area contributed by atoms with Crippen molar-refractivity contribution in [2.75, 3.05) is 0 Å². The fourth-order valence-corrected chi connectivity index (χ4v) is 2.12. The molecule has 0 atom stereocenters. The van der Waals surface area contributed by atoms with Crippen LogP contribution in [0.4, 0.5) is 0 Å². The van der Waals surface area contributed by atoms with Crippen LogP contribution in [0.25, 0.3) is 0 Å². The Morgan fingerprint density at radius 2 is 1.13 bits per heavy atom. The van der Waals surface area contributed by atoms with Gasteiger partial charge in [-0.2, -0.15) is 0 Å². The molecule has 0 saturated carbocycles. The molecular formula is C15H26. The first-order valence-electron chi connectivity index (χ1n) is 6.06. The lowest BCUT2D eigenvalue weighted by atomic mass is 9.81. The Hall–Kier alpha value is -0.520. The van der Waals surface area contributed by atoms with Crippen molar-refractivity contribution < 1.29 is 0 Å². The van der Waals surface area contributed by atoms with Crippen molar-refractivity contribution in [1.29, 1.82) is 0 Å². The molecule has 0 heteroatoms. The third kappa shape index (κ3) is 4.68. The molecule has 0 heterocycles. The predicted molar refractivity (Wildman–Crippen MR) is 68.9 cm³/mol. The van der Waals surface area contributed by atoms with E-state index in [1.807, 2.05) is 0 Å². The van der Waals surface area contributed by atoms with Gasteiger partial charge in [0.1, 0.15) is 0 Å². The van der Waals surface area contributed by atoms with Crippen LogP contribution in [0.1, 0.15) is 60.8 Å². The number of hydrogen-bond acceptors (Lipinski definition) is 0. The average molecular weight is 206 g/mol. The van der Waals surface area contributed by atoms with Crippen LogP contribution in [0.2, 0.25) is 0 Å². The zero-order chi connectivity index (χ0) is 11.7. The summed E-state index contributed by atoms with van der Waals surface area (Å²) in [5, 5.41) is 0. The molecule has 0 saturated heterocycles. The fourth-order valence-electron chi connectivity index (χ4n) is 2.12. The van der Waals surface area contributed by atoms with E-state index in [1.54, 1.807) is 11.1 Å². The molecule has 1 rings (SSSR count). The van der Waals surface area contributed by atoms with E-state index in [4.69, 9.17) is 0 Å². The van der Waals surface area contributed by atoms with Crippen molar-refractivity contribution >= 4 is 0 Å². The van der Waals surface area contributed by atoms with Crippen LogP contribution in [0.5, 0.6) is 0 Å². The van der Waals surface area contributed by atoms with Gasteiger partial charge in [0.2, 0.25) is 0 Å². The lowest BCUT2D eigenvalue weighted by molar-refractivity contribution is 0.391. The molecule has 1 aliphatic carbocycles. The summed E-state index contributed by atoms with van der Waals surface area (Å²) < 4.78 is 0. The summed E-state index contributed by atoms with van der Waals surface area (Å²) in [6.07, 6.45) is 8.40. The zero-order valence-electron chi connectivity index (χ0n) is 11.3. The monoisotopic (exact) mass is 206 g/mol. The fraction of sp³-hybridized carbons (Fsp3) is 0.733. The molecule has 86 valence electrons. The van der Waals surface area contributed by atoms with E-state index in [0.29, 0.717) is 10.8 Å². The van der Waals surface area contributed by atoms with Gasteiger partial charge in [-0.15, -0.1) is 0 Å². The number of rotatable bonds is 2. The quantitative estimate of drug-likeness (QED) is 0.588. The highest BCUT2D eigenvalue weighted by molar-refractivity contribution is 5.38. The molecule has 0 aromatic heterocycles. The minimum atomic E-state index is 0.410. The van der Waals surface area contributed by atoms with Gasteiger partial charge in [-0.05, 0) is 41.2 Å². The van der Waals surface area contributed by atoms with Crippen molar-refractivity contribution in [2.24, 2.45) is 10.8 Å². The van der Waals surface area contributed by atoms with Gasteiger partial charge in [0.05, 0.1) is 0 Å². The van der Waals surface area contributed by atoms with E-state index >= 15 is 0 Å². The van der Waals surface area contributed by atoms with Crippen LogP contribution >= 0.6 is 0 Å². The first kappa shape index (κ1) is 12.5. The van der Waals surface area contributed by atoms with Crippen LogP contribution in [-0.2, 0) is 0 Å². The highest BCUT2D eigenvalue weighted by Gasteiger charge is 2.21. The standard InChI is InChI=1S/C15H26/c1-14(2,3)10-12-8-7-9-13(12)11-15(4,5)6/h8-9H,7,10-11H2,1-6H3. The van der Waals surface area contributed by atoms with E-state index in [0.717, 1.165) is 6.42 Å². The van der Waals surface area contributed by atoms with Crippen molar-refractivity contribution in [1.82, 2.24) is 0 Å². The molecule has 0 aromatic rings. The van der Waals surface area contributed by atoms with Gasteiger partial charge in [-0.3, -0.25) is 0 Å². The van der Waals surface area contributed by atoms with Crippen LogP contribution in [-0.4, -0.2) is 0 Å². The number of allylic oxidation sites excluding steroid dienone is 4. The van der Waals surface area contributed by atoms with Gasteiger partial charge >= 0.3 is 0 Å². The second kappa shape index (κ2) is 4.15. The summed E-state index contributed by atoms with van der Waals surface area (Å²) in [7, 11) is 0. The second-order valence-corrected chi connectivity index (χ2v) is 7.17. The topological polar surface area (TPSA) is 0 Å². The van der Waals surface area contributed by atoms with E-state index in [2.05, 4.69) is 53.7 Å². The molecular weight excluding hydrogens is 180 g/mol. The maximum absolute atomic E-state index is 2.41. The van der Waals surface area contributed by atoms with Gasteiger partial charge in [0, 0.05) is 0 Å². The molecule has 0 radical (unpaired) electrons. The Bertz CT molecular complexity index is 246. The smallest absolute Gasteiger partial charge is 0.0157 e. The molecule has 0 N–H and O–H groups in total. The molecule has 1 aliphatic rings. The van der Waals surface area contributed by atoms with Gasteiger partial charge in [0.25, 0.3) is 0 Å². The molecule has 15 heavy (non-hydrogen) atoms. The summed E-state index contributed by atoms with van der Waals surface area (Å²) in [4.78, 5) is 0. The first-order valence-corrected chi connectivity index (χ1v) is 6.06. The van der Waals surface area contributed by atoms with E-state index < -0.39 is 0 Å². The minimum absolute atomic E-state index is 0.410. The van der Waals surface area contributed by atoms with Crippen molar-refractivity contribution in [3.63, 3.8) is 0 Å². The number of hydrogen-bond donors (Lipinski definition) is 0. The first-order chi connectivity index (χ1) is 6.67. The molecule has 0 amide bonds. The minimum Gasteiger partial charge on any atom is -0.0772 e. The Morgan fingerprint density at radius 3 is 1.40 bits per heavy atom. The highest BCUT2D eigenvalue weighted by atomic mass is 14.3. The van der Waals surface area contributed by atoms with Gasteiger partial charge in [-0.25, -0.2) is 0 Å². The van der Waals surface area contributed by atoms with Crippen molar-refractivity contribution in [3.8, 4) is 0 Å². The largest absolute Gasteiger partial charge is 0.0772 e. The van der Waals surface area contributed by atoms with Gasteiger partial charge in [-0.1, -0.05) is 53.7 Å². The van der Waals surface area contributed by atoms with Crippen LogP contribution in [0.3, 0.4) is 0 Å². The Labute approximate surface area is 95.5 Å². The molecule has 0 fully saturated rings. The summed E-state index contributed by atoms with van der Waals surface area (Å²) >= 11 is 0. The highest BCUT2D eigenvalue weighted by Crippen LogP contribution is 2.37. The van der Waals surface area contributed by atoms with Gasteiger partial charge < -0.3 is 0 Å². The van der Waals surface area contributed by atoms with E-state index in [1.165, 1.54) is 12.8 Å². The lowest BCUT2D eigenvalue weighted by Gasteiger charge is -2.25. The maximum atomic E-state index is 2.41. The third-order valence-corrected chi connectivity index (χ3v) is 2.58. The maximum Gasteiger partial charge on any atom is -0.0157 e. The third-order valence-electron chi connectivity index (χ3n) is 2.58. The zero-order valence-corrected chi connectivity index (χ0v) is 11.3. The molecule has 0 spiro atoms. The second-order valence-electron chi connectivity index (χ2n) is 7.17. The van der Waals surface area contributed by atoms with E-state index in [-0.39, 0.29) is 0 Å². The van der Waals surface area contributed by atoms with Crippen molar-refractivity contribution in [3.05, 3.63) is 23.3 Å². The van der Waals surface area contributed by atoms with Gasteiger partial charge in [0.15, 0.2) is 0 Å². The summed E-state index contributed by atoms with van der Waals surface area (Å²) in [6, 6.07) is 0. The molecule has 0 nitrogen and oxygen atoms in total. The lowest BCUT2D eigenvalue weighted by Crippen LogP contribution is -2.11. The Morgan fingerprint density at radius 1 is 0.800 bits per heavy atom. The SMILES string of the molecule is CC(C)(C)CC1=CCC=C1CC(C)(C)C. The van der Waals surface area contributed by atoms with Crippen LogP contribution in [0.15, 0.2) is 23.3 Å². The summed E-state index contributed by atoms with van der Waals surface area (Å²) in [6.45, 7) is 13.9. The molecule has 0 aliphatic heterocycles. The summed E-state index contributed by atoms with van der Waals surface area (Å²) in [5.74, 6) is 0. The Balaban J connectivity index is 2.65. The van der Waals surface area contributed by atoms with E-state index in [9.17, 15) is 0 Å². The van der Waals surface area contributed by atoms with Crippen LogP contribution in [0, 0.1) is 10.8 Å². The predicted octanol–water partition coefficient (Wildman–Crippen LogP) is 5.12. The molecule has 0 unspecified atom stereocenters. The summed E-state index contributed by atoms with van der Waals surface area (Å²) in [5.41, 5.74) is 4.01. The molecule has 0 bridgehead atoms. The van der Waals surface area contributed by atoms with Crippen molar-refractivity contribution in [2.45, 2.75) is 60.8 Å². The normalized spacial score (nSPS) is 17.7. The molecule has 0 aromatic carbocycles. The van der Waals surface area contributed by atoms with Crippen LogP contribution < -0.4 is 0 Å². The average Bonchev–Trinajstić information content (AvgIpc) is 2.29.